The summed E-state index contributed by atoms with van der Waals surface area (Å²) < 4.78 is 31.5. The van der Waals surface area contributed by atoms with E-state index < -0.39 is 10.0 Å². The first-order valence-electron chi connectivity index (χ1n) is 5.77. The fourth-order valence-electron chi connectivity index (χ4n) is 1.55. The Hall–Kier alpha value is -0.470. The van der Waals surface area contributed by atoms with E-state index in [4.69, 9.17) is 4.74 Å². The van der Waals surface area contributed by atoms with Gasteiger partial charge < -0.3 is 10.1 Å². The van der Waals surface area contributed by atoms with Crippen molar-refractivity contribution in [3.8, 4) is 0 Å². The summed E-state index contributed by atoms with van der Waals surface area (Å²) in [5.74, 6) is 0. The molecule has 0 saturated heterocycles. The van der Waals surface area contributed by atoms with Crippen molar-refractivity contribution in [2.24, 2.45) is 0 Å². The van der Waals surface area contributed by atoms with Crippen molar-refractivity contribution in [2.75, 3.05) is 33.9 Å². The molecule has 0 fully saturated rings. The highest BCUT2D eigenvalue weighted by molar-refractivity contribution is 7.91. The molecule has 0 saturated carbocycles. The minimum absolute atomic E-state index is 0.384. The predicted molar refractivity (Wildman–Crippen MR) is 73.4 cm³/mol. The summed E-state index contributed by atoms with van der Waals surface area (Å²) in [5, 5.41) is 4.87. The summed E-state index contributed by atoms with van der Waals surface area (Å²) in [7, 11) is 0.0254. The summed E-state index contributed by atoms with van der Waals surface area (Å²) in [6, 6.07) is 1.73. The maximum atomic E-state index is 12.3. The minimum Gasteiger partial charge on any atom is -0.383 e. The first-order chi connectivity index (χ1) is 8.56. The predicted octanol–water partition coefficient (Wildman–Crippen LogP) is 1.12. The molecule has 0 aliphatic heterocycles. The van der Waals surface area contributed by atoms with Gasteiger partial charge in [0.15, 0.2) is 0 Å². The molecule has 0 radical (unpaired) electrons. The third kappa shape index (κ3) is 3.76. The number of hydrogen-bond donors (Lipinski definition) is 1. The largest absolute Gasteiger partial charge is 0.383 e. The molecule has 0 bridgehead atoms. The summed E-state index contributed by atoms with van der Waals surface area (Å²) in [5.41, 5.74) is 0.990. The van der Waals surface area contributed by atoms with Crippen LogP contribution in [0.4, 0.5) is 0 Å². The van der Waals surface area contributed by atoms with Gasteiger partial charge in [-0.3, -0.25) is 0 Å². The molecule has 0 aromatic carbocycles. The fraction of sp³-hybridized carbons (Fsp3) is 0.636. The van der Waals surface area contributed by atoms with Crippen molar-refractivity contribution in [3.05, 3.63) is 17.0 Å². The number of nitrogens with one attached hydrogen (secondary N) is 1. The molecular weight excluding hydrogens is 272 g/mol. The molecule has 1 heterocycles. The number of nitrogens with zero attached hydrogens (tertiary/aromatic N) is 1. The molecule has 0 aliphatic carbocycles. The van der Waals surface area contributed by atoms with Crippen LogP contribution in [0.2, 0.25) is 0 Å². The van der Waals surface area contributed by atoms with Crippen molar-refractivity contribution < 1.29 is 13.2 Å². The Morgan fingerprint density at radius 3 is 2.78 bits per heavy atom. The topological polar surface area (TPSA) is 58.6 Å². The van der Waals surface area contributed by atoms with Crippen molar-refractivity contribution in [2.45, 2.75) is 17.7 Å². The number of methoxy groups -OCH3 is 1. The average Bonchev–Trinajstić information content (AvgIpc) is 2.79. The third-order valence-corrected chi connectivity index (χ3v) is 5.94. The molecule has 0 unspecified atom stereocenters. The van der Waals surface area contributed by atoms with Gasteiger partial charge in [0.25, 0.3) is 10.0 Å². The van der Waals surface area contributed by atoms with E-state index in [-0.39, 0.29) is 0 Å². The van der Waals surface area contributed by atoms with Crippen LogP contribution in [0.5, 0.6) is 0 Å². The van der Waals surface area contributed by atoms with Crippen molar-refractivity contribution in [1.82, 2.24) is 9.62 Å². The van der Waals surface area contributed by atoms with Crippen molar-refractivity contribution >= 4 is 21.4 Å². The molecule has 1 aromatic heterocycles. The lowest BCUT2D eigenvalue weighted by atomic mass is 10.3. The van der Waals surface area contributed by atoms with Gasteiger partial charge in [-0.1, -0.05) is 6.92 Å². The molecule has 0 aliphatic rings. The van der Waals surface area contributed by atoms with E-state index in [1.165, 1.54) is 15.6 Å². The Labute approximate surface area is 113 Å². The van der Waals surface area contributed by atoms with Gasteiger partial charge in [0, 0.05) is 26.7 Å². The van der Waals surface area contributed by atoms with Gasteiger partial charge in [-0.2, -0.15) is 4.31 Å². The van der Waals surface area contributed by atoms with E-state index in [9.17, 15) is 8.42 Å². The van der Waals surface area contributed by atoms with E-state index in [1.807, 2.05) is 19.4 Å². The fourth-order valence-corrected chi connectivity index (χ4v) is 4.35. The number of ether oxygens (including phenoxy) is 1. The molecule has 1 rings (SSSR count). The first kappa shape index (κ1) is 15.6. The van der Waals surface area contributed by atoms with E-state index in [0.717, 1.165) is 5.56 Å². The lowest BCUT2D eigenvalue weighted by molar-refractivity contribution is 0.180. The lowest BCUT2D eigenvalue weighted by Crippen LogP contribution is -2.33. The number of rotatable bonds is 8. The molecule has 5 nitrogen and oxygen atoms in total. The maximum Gasteiger partial charge on any atom is 0.252 e. The van der Waals surface area contributed by atoms with E-state index in [2.05, 4.69) is 5.32 Å². The highest BCUT2D eigenvalue weighted by Gasteiger charge is 2.24. The Balaban J connectivity index is 2.88. The molecule has 104 valence electrons. The van der Waals surface area contributed by atoms with Crippen LogP contribution >= 0.6 is 11.3 Å². The smallest absolute Gasteiger partial charge is 0.252 e. The quantitative estimate of drug-likeness (QED) is 0.780. The monoisotopic (exact) mass is 292 g/mol. The Kier molecular flexibility index (Phi) is 6.24. The molecule has 1 aromatic rings. The second-order valence-electron chi connectivity index (χ2n) is 3.79. The number of sulfonamides is 1. The number of thiophene rings is 1. The maximum absolute atomic E-state index is 12.3. The molecule has 0 atom stereocenters. The molecule has 1 N–H and O–H groups in total. The number of likely N-dealkylation sites (N-methyl/N-ethyl adjacent to an activating group) is 1. The Morgan fingerprint density at radius 1 is 1.50 bits per heavy atom. The zero-order valence-corrected chi connectivity index (χ0v) is 12.6. The summed E-state index contributed by atoms with van der Waals surface area (Å²) >= 11 is 1.26. The lowest BCUT2D eigenvalue weighted by Gasteiger charge is -2.18. The molecular formula is C11H20N2O3S2. The van der Waals surface area contributed by atoms with Gasteiger partial charge in [-0.15, -0.1) is 11.3 Å². The van der Waals surface area contributed by atoms with Crippen LogP contribution in [0.25, 0.3) is 0 Å². The van der Waals surface area contributed by atoms with Crippen molar-refractivity contribution in [3.63, 3.8) is 0 Å². The highest BCUT2D eigenvalue weighted by Crippen LogP contribution is 2.23. The van der Waals surface area contributed by atoms with Crippen LogP contribution in [0.15, 0.2) is 15.7 Å². The zero-order chi connectivity index (χ0) is 13.6. The normalized spacial score (nSPS) is 12.2. The number of hydrogen-bond acceptors (Lipinski definition) is 5. The summed E-state index contributed by atoms with van der Waals surface area (Å²) in [4.78, 5) is 0. The van der Waals surface area contributed by atoms with Crippen molar-refractivity contribution in [1.29, 1.82) is 0 Å². The molecule has 7 heteroatoms. The van der Waals surface area contributed by atoms with Gasteiger partial charge in [0.1, 0.15) is 4.21 Å². The second kappa shape index (κ2) is 7.20. The summed E-state index contributed by atoms with van der Waals surface area (Å²) in [6.07, 6.45) is 0. The van der Waals surface area contributed by atoms with E-state index >= 15 is 0 Å². The van der Waals surface area contributed by atoms with Crippen LogP contribution in [0.3, 0.4) is 0 Å². The first-order valence-corrected chi connectivity index (χ1v) is 8.09. The average molecular weight is 292 g/mol. The Bertz CT molecular complexity index is 457. The standard InChI is InChI=1S/C11H20N2O3S2/c1-4-13(5-6-16-3)18(14,15)11-7-10(8-12-2)9-17-11/h7,9,12H,4-6,8H2,1-3H3. The van der Waals surface area contributed by atoms with Gasteiger partial charge in [0.2, 0.25) is 0 Å². The van der Waals surface area contributed by atoms with Crippen LogP contribution in [-0.2, 0) is 21.3 Å². The van der Waals surface area contributed by atoms with Gasteiger partial charge in [-0.25, -0.2) is 8.42 Å². The highest BCUT2D eigenvalue weighted by atomic mass is 32.2. The van der Waals surface area contributed by atoms with Crippen LogP contribution in [-0.4, -0.2) is 46.6 Å². The zero-order valence-electron chi connectivity index (χ0n) is 11.0. The molecule has 0 amide bonds. The second-order valence-corrected chi connectivity index (χ2v) is 6.87. The van der Waals surface area contributed by atoms with Crippen LogP contribution in [0.1, 0.15) is 12.5 Å². The van der Waals surface area contributed by atoms with Crippen LogP contribution < -0.4 is 5.32 Å². The van der Waals surface area contributed by atoms with Gasteiger partial charge >= 0.3 is 0 Å². The SMILES string of the molecule is CCN(CCOC)S(=O)(=O)c1cc(CNC)cs1. The van der Waals surface area contributed by atoms with Gasteiger partial charge in [-0.05, 0) is 24.1 Å². The van der Waals surface area contributed by atoms with Gasteiger partial charge in [0.05, 0.1) is 6.61 Å². The minimum atomic E-state index is -3.38. The molecule has 0 spiro atoms. The Morgan fingerprint density at radius 2 is 2.22 bits per heavy atom. The molecule has 18 heavy (non-hydrogen) atoms. The van der Waals surface area contributed by atoms with Crippen LogP contribution in [0, 0.1) is 0 Å². The van der Waals surface area contributed by atoms with E-state index in [0.29, 0.717) is 30.5 Å². The third-order valence-electron chi connectivity index (χ3n) is 2.50. The summed E-state index contributed by atoms with van der Waals surface area (Å²) in [6.45, 7) is 3.74. The van der Waals surface area contributed by atoms with E-state index in [1.54, 1.807) is 13.2 Å².